The maximum atomic E-state index is 12.2. The number of halogens is 2. The Kier molecular flexibility index (Phi) is 4.65. The van der Waals surface area contributed by atoms with Crippen molar-refractivity contribution in [3.05, 3.63) is 33.3 Å². The van der Waals surface area contributed by atoms with Crippen LogP contribution in [0.2, 0.25) is 5.02 Å². The highest BCUT2D eigenvalue weighted by Crippen LogP contribution is 2.24. The highest BCUT2D eigenvalue weighted by atomic mass is 79.9. The summed E-state index contributed by atoms with van der Waals surface area (Å²) in [6.45, 7) is 1.44. The molecule has 0 radical (unpaired) electrons. The summed E-state index contributed by atoms with van der Waals surface area (Å²) < 4.78 is 6.26. The lowest BCUT2D eigenvalue weighted by Gasteiger charge is -2.21. The van der Waals surface area contributed by atoms with Gasteiger partial charge in [0.15, 0.2) is 0 Å². The second-order valence-electron chi connectivity index (χ2n) is 4.45. The molecule has 1 unspecified atom stereocenters. The van der Waals surface area contributed by atoms with Crippen molar-refractivity contribution in [2.45, 2.75) is 18.9 Å². The summed E-state index contributed by atoms with van der Waals surface area (Å²) in [6, 6.07) is 5.21. The number of hydrogen-bond acceptors (Lipinski definition) is 2. The predicted molar refractivity (Wildman–Crippen MR) is 75.1 cm³/mol. The number of rotatable bonds is 3. The zero-order chi connectivity index (χ0) is 13.1. The minimum atomic E-state index is -0.0112. The molecule has 1 aromatic rings. The van der Waals surface area contributed by atoms with E-state index in [1.165, 1.54) is 0 Å². The minimum Gasteiger partial charge on any atom is -0.376 e. The zero-order valence-electron chi connectivity index (χ0n) is 10.2. The van der Waals surface area contributed by atoms with Gasteiger partial charge in [0.1, 0.15) is 0 Å². The number of benzene rings is 1. The van der Waals surface area contributed by atoms with E-state index in [1.807, 2.05) is 0 Å². The fraction of sp³-hybridized carbons (Fsp3) is 0.462. The smallest absolute Gasteiger partial charge is 0.253 e. The molecule has 0 saturated carbocycles. The SMILES string of the molecule is CN(CC1CCCO1)C(=O)c1ccc(Cl)c(Br)c1. The molecule has 0 aromatic heterocycles. The molecule has 0 aliphatic carbocycles. The lowest BCUT2D eigenvalue weighted by Crippen LogP contribution is -2.34. The van der Waals surface area contributed by atoms with Crippen LogP contribution in [0.5, 0.6) is 0 Å². The van der Waals surface area contributed by atoms with E-state index in [0.29, 0.717) is 17.1 Å². The Balaban J connectivity index is 2.02. The number of hydrogen-bond donors (Lipinski definition) is 0. The zero-order valence-corrected chi connectivity index (χ0v) is 12.5. The van der Waals surface area contributed by atoms with E-state index in [9.17, 15) is 4.79 Å². The van der Waals surface area contributed by atoms with Crippen molar-refractivity contribution < 1.29 is 9.53 Å². The molecule has 18 heavy (non-hydrogen) atoms. The first kappa shape index (κ1) is 13.8. The molecular formula is C13H15BrClNO2. The first-order valence-corrected chi connectivity index (χ1v) is 7.07. The van der Waals surface area contributed by atoms with E-state index in [-0.39, 0.29) is 12.0 Å². The molecule has 0 spiro atoms. The quantitative estimate of drug-likeness (QED) is 0.849. The average Bonchev–Trinajstić information content (AvgIpc) is 2.84. The van der Waals surface area contributed by atoms with Crippen LogP contribution in [0.3, 0.4) is 0 Å². The summed E-state index contributed by atoms with van der Waals surface area (Å²) in [5, 5.41) is 0.605. The largest absolute Gasteiger partial charge is 0.376 e. The number of ether oxygens (including phenoxy) is 1. The molecule has 2 rings (SSSR count). The van der Waals surface area contributed by atoms with Gasteiger partial charge in [-0.15, -0.1) is 0 Å². The maximum Gasteiger partial charge on any atom is 0.253 e. The summed E-state index contributed by atoms with van der Waals surface area (Å²) in [4.78, 5) is 13.9. The van der Waals surface area contributed by atoms with Gasteiger partial charge in [-0.25, -0.2) is 0 Å². The van der Waals surface area contributed by atoms with Crippen LogP contribution in [-0.2, 0) is 4.74 Å². The maximum absolute atomic E-state index is 12.2. The molecule has 5 heteroatoms. The number of amides is 1. The summed E-state index contributed by atoms with van der Waals surface area (Å²) >= 11 is 9.23. The van der Waals surface area contributed by atoms with Gasteiger partial charge in [-0.1, -0.05) is 11.6 Å². The number of likely N-dealkylation sites (N-methyl/N-ethyl adjacent to an activating group) is 1. The molecule has 1 heterocycles. The van der Waals surface area contributed by atoms with Crippen LogP contribution in [0.4, 0.5) is 0 Å². The summed E-state index contributed by atoms with van der Waals surface area (Å²) in [5.74, 6) is -0.0112. The van der Waals surface area contributed by atoms with Crippen LogP contribution >= 0.6 is 27.5 Å². The van der Waals surface area contributed by atoms with Crippen LogP contribution in [-0.4, -0.2) is 37.1 Å². The molecule has 0 bridgehead atoms. The second-order valence-corrected chi connectivity index (χ2v) is 5.71. The monoisotopic (exact) mass is 331 g/mol. The van der Waals surface area contributed by atoms with Crippen LogP contribution in [0, 0.1) is 0 Å². The first-order chi connectivity index (χ1) is 8.58. The van der Waals surface area contributed by atoms with Gasteiger partial charge in [-0.05, 0) is 47.0 Å². The fourth-order valence-corrected chi connectivity index (χ4v) is 2.52. The van der Waals surface area contributed by atoms with Crippen molar-refractivity contribution in [2.24, 2.45) is 0 Å². The van der Waals surface area contributed by atoms with Crippen LogP contribution in [0.25, 0.3) is 0 Å². The molecule has 98 valence electrons. The van der Waals surface area contributed by atoms with E-state index in [2.05, 4.69) is 15.9 Å². The molecule has 1 aromatic carbocycles. The fourth-order valence-electron chi connectivity index (χ4n) is 2.03. The lowest BCUT2D eigenvalue weighted by atomic mass is 10.2. The lowest BCUT2D eigenvalue weighted by molar-refractivity contribution is 0.0587. The number of nitrogens with zero attached hydrogens (tertiary/aromatic N) is 1. The van der Waals surface area contributed by atoms with Gasteiger partial charge >= 0.3 is 0 Å². The Bertz CT molecular complexity index is 447. The van der Waals surface area contributed by atoms with E-state index >= 15 is 0 Å². The van der Waals surface area contributed by atoms with Crippen LogP contribution in [0.1, 0.15) is 23.2 Å². The Morgan fingerprint density at radius 3 is 3.00 bits per heavy atom. The van der Waals surface area contributed by atoms with Gasteiger partial charge in [0, 0.05) is 30.2 Å². The first-order valence-electron chi connectivity index (χ1n) is 5.90. The summed E-state index contributed by atoms with van der Waals surface area (Å²) in [5.41, 5.74) is 0.631. The highest BCUT2D eigenvalue weighted by molar-refractivity contribution is 9.10. The Morgan fingerprint density at radius 2 is 2.39 bits per heavy atom. The van der Waals surface area contributed by atoms with Crippen molar-refractivity contribution >= 4 is 33.4 Å². The average molecular weight is 333 g/mol. The predicted octanol–water partition coefficient (Wildman–Crippen LogP) is 3.35. The third-order valence-electron chi connectivity index (χ3n) is 3.01. The minimum absolute atomic E-state index is 0.0112. The molecule has 0 N–H and O–H groups in total. The van der Waals surface area contributed by atoms with Gasteiger partial charge in [-0.3, -0.25) is 4.79 Å². The van der Waals surface area contributed by atoms with Crippen LogP contribution in [0.15, 0.2) is 22.7 Å². The molecule has 1 fully saturated rings. The van der Waals surface area contributed by atoms with Gasteiger partial charge in [0.25, 0.3) is 5.91 Å². The van der Waals surface area contributed by atoms with Crippen molar-refractivity contribution in [2.75, 3.05) is 20.2 Å². The Hall–Kier alpha value is -0.580. The molecule has 3 nitrogen and oxygen atoms in total. The third kappa shape index (κ3) is 3.25. The molecule has 1 saturated heterocycles. The van der Waals surface area contributed by atoms with Crippen molar-refractivity contribution in [1.82, 2.24) is 4.90 Å². The van der Waals surface area contributed by atoms with E-state index in [1.54, 1.807) is 30.1 Å². The molecular weight excluding hydrogens is 318 g/mol. The van der Waals surface area contributed by atoms with Gasteiger partial charge in [0.05, 0.1) is 11.1 Å². The van der Waals surface area contributed by atoms with Crippen molar-refractivity contribution in [3.63, 3.8) is 0 Å². The topological polar surface area (TPSA) is 29.5 Å². The molecule has 1 atom stereocenters. The van der Waals surface area contributed by atoms with Crippen LogP contribution < -0.4 is 0 Å². The van der Waals surface area contributed by atoms with Crippen molar-refractivity contribution in [3.8, 4) is 0 Å². The van der Waals surface area contributed by atoms with Gasteiger partial charge in [-0.2, -0.15) is 0 Å². The molecule has 1 amide bonds. The summed E-state index contributed by atoms with van der Waals surface area (Å²) in [6.07, 6.45) is 2.29. The summed E-state index contributed by atoms with van der Waals surface area (Å²) in [7, 11) is 1.80. The second kappa shape index (κ2) is 6.04. The van der Waals surface area contributed by atoms with E-state index < -0.39 is 0 Å². The van der Waals surface area contributed by atoms with Gasteiger partial charge < -0.3 is 9.64 Å². The normalized spacial score (nSPS) is 18.9. The van der Waals surface area contributed by atoms with Gasteiger partial charge in [0.2, 0.25) is 0 Å². The molecule has 1 aliphatic heterocycles. The third-order valence-corrected chi connectivity index (χ3v) is 4.23. The Morgan fingerprint density at radius 1 is 1.61 bits per heavy atom. The number of carbonyl (C=O) groups excluding carboxylic acids is 1. The van der Waals surface area contributed by atoms with E-state index in [0.717, 1.165) is 23.9 Å². The van der Waals surface area contributed by atoms with E-state index in [4.69, 9.17) is 16.3 Å². The Labute approximate surface area is 120 Å². The highest BCUT2D eigenvalue weighted by Gasteiger charge is 2.21. The standard InChI is InChI=1S/C13H15BrClNO2/c1-16(8-10-3-2-6-18-10)13(17)9-4-5-12(15)11(14)7-9/h4-5,7,10H,2-3,6,8H2,1H3. The van der Waals surface area contributed by atoms with Crippen molar-refractivity contribution in [1.29, 1.82) is 0 Å². The molecule has 1 aliphatic rings. The number of carbonyl (C=O) groups is 1.